The summed E-state index contributed by atoms with van der Waals surface area (Å²) in [7, 11) is 0.937. The maximum Gasteiger partial charge on any atom is 0.258 e. The maximum absolute atomic E-state index is 14.6. The van der Waals surface area contributed by atoms with Crippen molar-refractivity contribution in [2.75, 3.05) is 40.3 Å². The van der Waals surface area contributed by atoms with Gasteiger partial charge in [-0.05, 0) is 43.4 Å². The zero-order chi connectivity index (χ0) is 24.5. The van der Waals surface area contributed by atoms with Crippen molar-refractivity contribution in [3.63, 3.8) is 0 Å². The quantitative estimate of drug-likeness (QED) is 0.318. The summed E-state index contributed by atoms with van der Waals surface area (Å²) in [5.41, 5.74) is 1.42. The molecule has 9 nitrogen and oxygen atoms in total. The lowest BCUT2D eigenvalue weighted by Crippen LogP contribution is -2.42. The van der Waals surface area contributed by atoms with Crippen molar-refractivity contribution in [1.29, 1.82) is 0 Å². The molecule has 1 atom stereocenters. The van der Waals surface area contributed by atoms with Crippen molar-refractivity contribution in [2.45, 2.75) is 4.90 Å². The molecule has 0 aromatic heterocycles. The van der Waals surface area contributed by atoms with E-state index in [1.54, 1.807) is 11.9 Å². The minimum atomic E-state index is -2.17. The molecule has 0 heterocycles. The molecule has 13 heteroatoms. The number of amides is 2. The summed E-state index contributed by atoms with van der Waals surface area (Å²) in [6, 6.07) is 7.50. The topological polar surface area (TPSA) is 111 Å². The highest BCUT2D eigenvalue weighted by Crippen LogP contribution is 2.30. The van der Waals surface area contributed by atoms with Gasteiger partial charge in [0.25, 0.3) is 5.91 Å². The van der Waals surface area contributed by atoms with E-state index in [2.05, 4.69) is 5.32 Å². The van der Waals surface area contributed by atoms with Crippen molar-refractivity contribution in [3.8, 4) is 11.5 Å². The summed E-state index contributed by atoms with van der Waals surface area (Å²) < 4.78 is 48.5. The smallest absolute Gasteiger partial charge is 0.258 e. The van der Waals surface area contributed by atoms with Crippen LogP contribution in [0.1, 0.15) is 0 Å². The molecule has 2 rings (SSSR count). The lowest BCUT2D eigenvalue weighted by molar-refractivity contribution is -0.129. The van der Waals surface area contributed by atoms with Gasteiger partial charge in [-0.2, -0.15) is 0 Å². The fraction of sp³-hybridized carbons (Fsp3) is 0.300. The largest absolute Gasteiger partial charge is 0.451 e. The number of halogens is 3. The van der Waals surface area contributed by atoms with Crippen molar-refractivity contribution >= 4 is 34.4 Å². The molecule has 3 N–H and O–H groups in total. The number of carbonyl (C=O) groups excluding carboxylic acids is 2. The van der Waals surface area contributed by atoms with Crippen LogP contribution >= 0.6 is 11.6 Å². The van der Waals surface area contributed by atoms with Gasteiger partial charge in [-0.3, -0.25) is 19.7 Å². The molecule has 0 aliphatic carbocycles. The van der Waals surface area contributed by atoms with E-state index in [1.807, 2.05) is 0 Å². The summed E-state index contributed by atoms with van der Waals surface area (Å²) >= 11 is 5.78. The molecule has 180 valence electrons. The number of benzene rings is 2. The molecule has 33 heavy (non-hydrogen) atoms. The second-order valence-corrected chi connectivity index (χ2v) is 8.75. The van der Waals surface area contributed by atoms with Gasteiger partial charge < -0.3 is 10.1 Å². The number of hydroxylamine groups is 1. The molecular weight excluding hydrogens is 482 g/mol. The number of hydrogen-bond donors (Lipinski definition) is 3. The van der Waals surface area contributed by atoms with Crippen LogP contribution in [0.5, 0.6) is 11.5 Å². The van der Waals surface area contributed by atoms with Gasteiger partial charge in [0.1, 0.15) is 16.7 Å². The first-order valence-corrected chi connectivity index (χ1v) is 11.0. The highest BCUT2D eigenvalue weighted by molar-refractivity contribution is 7.82. The predicted octanol–water partition coefficient (Wildman–Crippen LogP) is 1.92. The van der Waals surface area contributed by atoms with E-state index in [0.717, 1.165) is 16.4 Å². The zero-order valence-corrected chi connectivity index (χ0v) is 19.4. The monoisotopic (exact) mass is 504 g/mol. The van der Waals surface area contributed by atoms with Gasteiger partial charge in [-0.25, -0.2) is 22.8 Å². The second-order valence-electron chi connectivity index (χ2n) is 6.83. The molecule has 2 amide bonds. The highest BCUT2D eigenvalue weighted by atomic mass is 35.5. The Kier molecular flexibility index (Phi) is 10.1. The first kappa shape index (κ1) is 26.6. The van der Waals surface area contributed by atoms with E-state index >= 15 is 0 Å². The summed E-state index contributed by atoms with van der Waals surface area (Å²) in [4.78, 5) is 24.5. The van der Waals surface area contributed by atoms with Crippen molar-refractivity contribution < 1.29 is 32.5 Å². The SMILES string of the molecule is CNC(=O)CN(C)CCN(CC(=O)NO)S(=O)c1cc(F)c(Oc2ccc(Cl)cc2)c(F)c1. The van der Waals surface area contributed by atoms with Crippen molar-refractivity contribution in [1.82, 2.24) is 20.0 Å². The van der Waals surface area contributed by atoms with Crippen molar-refractivity contribution in [3.05, 3.63) is 53.1 Å². The molecule has 0 aliphatic heterocycles. The number of rotatable bonds is 11. The summed E-state index contributed by atoms with van der Waals surface area (Å²) in [5.74, 6) is -3.87. The van der Waals surface area contributed by atoms with Crippen LogP contribution in [0.25, 0.3) is 0 Å². The maximum atomic E-state index is 14.6. The van der Waals surface area contributed by atoms with Gasteiger partial charge in [0.15, 0.2) is 17.4 Å². The van der Waals surface area contributed by atoms with Crippen LogP contribution in [0.3, 0.4) is 0 Å². The van der Waals surface area contributed by atoms with Gasteiger partial charge in [-0.1, -0.05) is 11.6 Å². The molecule has 0 saturated heterocycles. The molecule has 0 radical (unpaired) electrons. The molecule has 0 bridgehead atoms. The minimum Gasteiger partial charge on any atom is -0.451 e. The number of hydrogen-bond acceptors (Lipinski definition) is 6. The van der Waals surface area contributed by atoms with E-state index < -0.39 is 40.8 Å². The molecule has 0 aliphatic rings. The Hall–Kier alpha value is -2.64. The number of ether oxygens (including phenoxy) is 1. The molecule has 0 spiro atoms. The third kappa shape index (κ3) is 8.02. The Balaban J connectivity index is 2.21. The van der Waals surface area contributed by atoms with Gasteiger partial charge in [0.2, 0.25) is 5.91 Å². The van der Waals surface area contributed by atoms with Crippen LogP contribution in [0.15, 0.2) is 41.3 Å². The standard InChI is InChI=1S/C20H23ClF2N4O5S/c1-24-18(28)11-26(2)7-8-27(12-19(29)25-30)33(31)15-9-16(22)20(17(23)10-15)32-14-5-3-13(21)4-6-14/h3-6,9-10,30H,7-8,11-12H2,1-2H3,(H,24,28)(H,25,29). The van der Waals surface area contributed by atoms with Crippen LogP contribution in [0.4, 0.5) is 8.78 Å². The van der Waals surface area contributed by atoms with E-state index in [1.165, 1.54) is 36.8 Å². The lowest BCUT2D eigenvalue weighted by Gasteiger charge is -2.23. The Morgan fingerprint density at radius 1 is 1.09 bits per heavy atom. The van der Waals surface area contributed by atoms with Gasteiger partial charge in [0, 0.05) is 25.2 Å². The van der Waals surface area contributed by atoms with Crippen LogP contribution < -0.4 is 15.5 Å². The molecule has 0 saturated carbocycles. The Labute approximate surface area is 196 Å². The van der Waals surface area contributed by atoms with Gasteiger partial charge in [-0.15, -0.1) is 0 Å². The molecule has 2 aromatic carbocycles. The lowest BCUT2D eigenvalue weighted by atomic mass is 10.3. The van der Waals surface area contributed by atoms with E-state index in [0.29, 0.717) is 5.02 Å². The second kappa shape index (κ2) is 12.6. The third-order valence-corrected chi connectivity index (χ3v) is 5.98. The predicted molar refractivity (Wildman–Crippen MR) is 117 cm³/mol. The normalized spacial score (nSPS) is 12.0. The Morgan fingerprint density at radius 2 is 1.70 bits per heavy atom. The van der Waals surface area contributed by atoms with E-state index in [9.17, 15) is 22.6 Å². The van der Waals surface area contributed by atoms with Gasteiger partial charge in [0.05, 0.1) is 18.0 Å². The summed E-state index contributed by atoms with van der Waals surface area (Å²) in [6.45, 7) is -0.299. The van der Waals surface area contributed by atoms with Gasteiger partial charge >= 0.3 is 0 Å². The molecule has 1 unspecified atom stereocenters. The fourth-order valence-corrected chi connectivity index (χ4v) is 3.92. The number of carbonyl (C=O) groups is 2. The minimum absolute atomic E-state index is 0.0141. The van der Waals surface area contributed by atoms with E-state index in [4.69, 9.17) is 21.5 Å². The third-order valence-electron chi connectivity index (χ3n) is 4.31. The van der Waals surface area contributed by atoms with E-state index in [-0.39, 0.29) is 36.2 Å². The van der Waals surface area contributed by atoms with Crippen LogP contribution in [-0.4, -0.2) is 70.7 Å². The summed E-state index contributed by atoms with van der Waals surface area (Å²) in [5, 5.41) is 11.7. The van der Waals surface area contributed by atoms with Crippen LogP contribution in [0, 0.1) is 11.6 Å². The van der Waals surface area contributed by atoms with Crippen molar-refractivity contribution in [2.24, 2.45) is 0 Å². The zero-order valence-electron chi connectivity index (χ0n) is 17.8. The Morgan fingerprint density at radius 3 is 2.24 bits per heavy atom. The average molecular weight is 505 g/mol. The van der Waals surface area contributed by atoms with Crippen LogP contribution in [-0.2, 0) is 20.6 Å². The average Bonchev–Trinajstić information content (AvgIpc) is 2.79. The molecule has 0 fully saturated rings. The Bertz CT molecular complexity index is 989. The highest BCUT2D eigenvalue weighted by Gasteiger charge is 2.23. The summed E-state index contributed by atoms with van der Waals surface area (Å²) in [6.07, 6.45) is 0. The number of nitrogens with zero attached hydrogens (tertiary/aromatic N) is 2. The van der Waals surface area contributed by atoms with Crippen LogP contribution in [0.2, 0.25) is 5.02 Å². The number of nitrogens with one attached hydrogen (secondary N) is 2. The first-order valence-electron chi connectivity index (χ1n) is 9.56. The first-order chi connectivity index (χ1) is 15.6. The molecular formula is C20H23ClF2N4O5S. The number of likely N-dealkylation sites (N-methyl/N-ethyl adjacent to an activating group) is 2. The fourth-order valence-electron chi connectivity index (χ4n) is 2.61. The molecule has 2 aromatic rings.